The molecule has 174 valence electrons. The molecule has 0 heterocycles. The number of halogens is 2. The summed E-state index contributed by atoms with van der Waals surface area (Å²) in [6.45, 7) is 16.2. The van der Waals surface area contributed by atoms with Gasteiger partial charge >= 0.3 is 0 Å². The Morgan fingerprint density at radius 1 is 0.710 bits per heavy atom. The van der Waals surface area contributed by atoms with E-state index < -0.39 is 0 Å². The predicted octanol–water partition coefficient (Wildman–Crippen LogP) is 5.54. The fraction of sp³-hybridized carbons (Fsp3) is 0.520. The molecule has 0 aromatic heterocycles. The lowest BCUT2D eigenvalue weighted by Crippen LogP contribution is -2.28. The summed E-state index contributed by atoms with van der Waals surface area (Å²) in [5, 5.41) is 0. The van der Waals surface area contributed by atoms with E-state index in [1.807, 2.05) is 0 Å². The van der Waals surface area contributed by atoms with Crippen molar-refractivity contribution < 1.29 is 9.47 Å². The Kier molecular flexibility index (Phi) is 12.3. The lowest BCUT2D eigenvalue weighted by Gasteiger charge is -2.22. The number of benzene rings is 2. The average molecular weight is 469 g/mol. The number of nitrogens with zero attached hydrogens (tertiary/aromatic N) is 2. The van der Waals surface area contributed by atoms with Crippen molar-refractivity contribution in [1.29, 1.82) is 0 Å². The number of ether oxygens (including phenoxy) is 2. The van der Waals surface area contributed by atoms with Crippen LogP contribution < -0.4 is 9.47 Å². The number of hydrogen-bond donors (Lipinski definition) is 0. The van der Waals surface area contributed by atoms with Crippen molar-refractivity contribution in [3.8, 4) is 22.6 Å². The molecule has 0 fully saturated rings. The van der Waals surface area contributed by atoms with Crippen LogP contribution in [0.15, 0.2) is 36.4 Å². The summed E-state index contributed by atoms with van der Waals surface area (Å²) in [7, 11) is 0. The molecular weight excluding hydrogens is 431 g/mol. The van der Waals surface area contributed by atoms with Crippen molar-refractivity contribution in [2.45, 2.75) is 34.1 Å². The van der Waals surface area contributed by atoms with Crippen LogP contribution in [0.3, 0.4) is 0 Å². The minimum Gasteiger partial charge on any atom is -0.488 e. The number of likely N-dealkylation sites (N-methyl/N-ethyl adjacent to an activating group) is 2. The van der Waals surface area contributed by atoms with Crippen molar-refractivity contribution in [2.24, 2.45) is 0 Å². The van der Waals surface area contributed by atoms with Crippen LogP contribution in [0.1, 0.15) is 38.8 Å². The highest BCUT2D eigenvalue weighted by atomic mass is 35.5. The first-order valence-corrected chi connectivity index (χ1v) is 11.2. The molecular formula is C25H38Cl2N2O2. The molecule has 0 saturated carbocycles. The smallest absolute Gasteiger partial charge is 0.165 e. The summed E-state index contributed by atoms with van der Waals surface area (Å²) < 4.78 is 12.6. The quantitative estimate of drug-likeness (QED) is 0.348. The van der Waals surface area contributed by atoms with Crippen LogP contribution in [0.5, 0.6) is 11.5 Å². The predicted molar refractivity (Wildman–Crippen MR) is 136 cm³/mol. The van der Waals surface area contributed by atoms with Crippen molar-refractivity contribution in [2.75, 3.05) is 52.5 Å². The Hall–Kier alpha value is -1.46. The summed E-state index contributed by atoms with van der Waals surface area (Å²) in [4.78, 5) is 4.77. The number of hydrogen-bond acceptors (Lipinski definition) is 4. The van der Waals surface area contributed by atoms with Gasteiger partial charge in [0.25, 0.3) is 0 Å². The van der Waals surface area contributed by atoms with Gasteiger partial charge in [0.1, 0.15) is 13.2 Å². The standard InChI is InChI=1S/C25H36N2O2.2ClH/c1-5-26(6-2)15-17-28-24-14-13-22-21-12-10-9-11-20(21)19-23(22)25(24)29-18-16-27(7-3)8-4;;/h9-14H,5-8,15-19H2,1-4H3;2*1H. The van der Waals surface area contributed by atoms with Gasteiger partial charge in [0, 0.05) is 25.1 Å². The molecule has 0 radical (unpaired) electrons. The van der Waals surface area contributed by atoms with Crippen LogP contribution in [0.4, 0.5) is 0 Å². The molecule has 0 spiro atoms. The highest BCUT2D eigenvalue weighted by Crippen LogP contribution is 2.45. The van der Waals surface area contributed by atoms with Crippen LogP contribution >= 0.6 is 24.8 Å². The first kappa shape index (κ1) is 27.6. The zero-order valence-corrected chi connectivity index (χ0v) is 21.0. The molecule has 0 N–H and O–H groups in total. The summed E-state index contributed by atoms with van der Waals surface area (Å²) >= 11 is 0. The highest BCUT2D eigenvalue weighted by molar-refractivity contribution is 5.85. The van der Waals surface area contributed by atoms with Crippen molar-refractivity contribution in [1.82, 2.24) is 9.80 Å². The third-order valence-corrected chi connectivity index (χ3v) is 6.01. The minimum absolute atomic E-state index is 0. The second-order valence-corrected chi connectivity index (χ2v) is 7.50. The van der Waals surface area contributed by atoms with Crippen LogP contribution in [0, 0.1) is 0 Å². The van der Waals surface area contributed by atoms with E-state index in [-0.39, 0.29) is 24.8 Å². The van der Waals surface area contributed by atoms with Gasteiger partial charge in [0.15, 0.2) is 11.5 Å². The molecule has 4 nitrogen and oxygen atoms in total. The molecule has 2 aromatic carbocycles. The third kappa shape index (κ3) is 6.76. The Morgan fingerprint density at radius 3 is 1.90 bits per heavy atom. The molecule has 6 heteroatoms. The van der Waals surface area contributed by atoms with E-state index in [0.717, 1.165) is 57.2 Å². The van der Waals surface area contributed by atoms with Gasteiger partial charge in [-0.3, -0.25) is 0 Å². The number of rotatable bonds is 12. The van der Waals surface area contributed by atoms with Gasteiger partial charge in [-0.25, -0.2) is 0 Å². The Balaban J connectivity index is 0.00000240. The summed E-state index contributed by atoms with van der Waals surface area (Å²) in [6.07, 6.45) is 0.916. The van der Waals surface area contributed by atoms with E-state index >= 15 is 0 Å². The van der Waals surface area contributed by atoms with E-state index in [9.17, 15) is 0 Å². The highest BCUT2D eigenvalue weighted by Gasteiger charge is 2.24. The normalized spacial score (nSPS) is 11.5. The van der Waals surface area contributed by atoms with Crippen molar-refractivity contribution in [3.05, 3.63) is 47.5 Å². The molecule has 0 bridgehead atoms. The lowest BCUT2D eigenvalue weighted by molar-refractivity contribution is 0.198. The third-order valence-electron chi connectivity index (χ3n) is 6.01. The average Bonchev–Trinajstić information content (AvgIpc) is 3.14. The topological polar surface area (TPSA) is 24.9 Å². The van der Waals surface area contributed by atoms with Crippen molar-refractivity contribution in [3.63, 3.8) is 0 Å². The summed E-state index contributed by atoms with van der Waals surface area (Å²) in [5.41, 5.74) is 5.25. The monoisotopic (exact) mass is 468 g/mol. The van der Waals surface area contributed by atoms with E-state index in [1.165, 1.54) is 22.3 Å². The van der Waals surface area contributed by atoms with Gasteiger partial charge in [0.05, 0.1) is 0 Å². The number of fused-ring (bicyclic) bond motifs is 3. The summed E-state index contributed by atoms with van der Waals surface area (Å²) in [5.74, 6) is 1.81. The molecule has 0 atom stereocenters. The van der Waals surface area contributed by atoms with Gasteiger partial charge < -0.3 is 19.3 Å². The Morgan fingerprint density at radius 2 is 1.29 bits per heavy atom. The fourth-order valence-corrected chi connectivity index (χ4v) is 4.07. The largest absolute Gasteiger partial charge is 0.488 e. The molecule has 0 amide bonds. The first-order valence-electron chi connectivity index (χ1n) is 11.2. The Bertz CT molecular complexity index is 793. The van der Waals surface area contributed by atoms with Crippen molar-refractivity contribution >= 4 is 24.8 Å². The molecule has 0 aliphatic heterocycles. The summed E-state index contributed by atoms with van der Waals surface area (Å²) in [6, 6.07) is 13.0. The van der Waals surface area contributed by atoms with Crippen LogP contribution in [-0.4, -0.2) is 62.3 Å². The maximum atomic E-state index is 6.38. The molecule has 3 rings (SSSR count). The fourth-order valence-electron chi connectivity index (χ4n) is 4.07. The van der Waals surface area contributed by atoms with E-state index in [2.05, 4.69) is 73.9 Å². The second kappa shape index (κ2) is 13.8. The molecule has 1 aliphatic carbocycles. The second-order valence-electron chi connectivity index (χ2n) is 7.50. The molecule has 0 unspecified atom stereocenters. The van der Waals surface area contributed by atoms with E-state index in [1.54, 1.807) is 0 Å². The lowest BCUT2D eigenvalue weighted by atomic mass is 10.1. The Labute approximate surface area is 200 Å². The van der Waals surface area contributed by atoms with Gasteiger partial charge in [-0.05, 0) is 48.9 Å². The first-order chi connectivity index (χ1) is 14.2. The molecule has 1 aliphatic rings. The van der Waals surface area contributed by atoms with Gasteiger partial charge in [-0.2, -0.15) is 0 Å². The van der Waals surface area contributed by atoms with Gasteiger partial charge in [-0.15, -0.1) is 24.8 Å². The van der Waals surface area contributed by atoms with Crippen LogP contribution in [0.25, 0.3) is 11.1 Å². The van der Waals surface area contributed by atoms with Crippen LogP contribution in [-0.2, 0) is 6.42 Å². The van der Waals surface area contributed by atoms with E-state index in [0.29, 0.717) is 13.2 Å². The van der Waals surface area contributed by atoms with Crippen LogP contribution in [0.2, 0.25) is 0 Å². The minimum atomic E-state index is 0. The molecule has 0 saturated heterocycles. The zero-order chi connectivity index (χ0) is 20.6. The van der Waals surface area contributed by atoms with E-state index in [4.69, 9.17) is 9.47 Å². The molecule has 2 aromatic rings. The maximum absolute atomic E-state index is 6.38. The van der Waals surface area contributed by atoms with Gasteiger partial charge in [-0.1, -0.05) is 58.0 Å². The van der Waals surface area contributed by atoms with Gasteiger partial charge in [0.2, 0.25) is 0 Å². The maximum Gasteiger partial charge on any atom is 0.165 e. The SMILES string of the molecule is CCN(CC)CCOc1ccc2c(c1OCCN(CC)CC)Cc1ccccc1-2.Cl.Cl. The zero-order valence-electron chi connectivity index (χ0n) is 19.4. The molecule has 31 heavy (non-hydrogen) atoms.